The van der Waals surface area contributed by atoms with Crippen LogP contribution >= 0.6 is 11.6 Å². The summed E-state index contributed by atoms with van der Waals surface area (Å²) in [6.45, 7) is 0.437. The van der Waals surface area contributed by atoms with E-state index in [9.17, 15) is 13.2 Å². The van der Waals surface area contributed by atoms with Gasteiger partial charge in [0, 0.05) is 18.1 Å². The largest absolute Gasteiger partial charge is 0.355 e. The highest BCUT2D eigenvalue weighted by atomic mass is 35.5. The quantitative estimate of drug-likeness (QED) is 0.665. The molecule has 5 nitrogen and oxygen atoms in total. The Morgan fingerprint density at radius 2 is 1.69 bits per heavy atom. The van der Waals surface area contributed by atoms with Crippen molar-refractivity contribution in [2.45, 2.75) is 19.4 Å². The van der Waals surface area contributed by atoms with Crippen molar-refractivity contribution in [3.63, 3.8) is 0 Å². The van der Waals surface area contributed by atoms with Crippen LogP contribution in [0.25, 0.3) is 0 Å². The molecule has 0 unspecified atom stereocenters. The first-order valence-electron chi connectivity index (χ1n) is 8.35. The van der Waals surface area contributed by atoms with E-state index in [1.807, 2.05) is 30.3 Å². The van der Waals surface area contributed by atoms with Crippen molar-refractivity contribution in [3.05, 3.63) is 70.7 Å². The predicted octanol–water partition coefficient (Wildman–Crippen LogP) is 2.85. The number of halogens is 1. The zero-order chi connectivity index (χ0) is 19.0. The van der Waals surface area contributed by atoms with Gasteiger partial charge >= 0.3 is 0 Å². The predicted molar refractivity (Wildman–Crippen MR) is 104 cm³/mol. The van der Waals surface area contributed by atoms with E-state index in [1.165, 1.54) is 5.56 Å². The number of rotatable bonds is 9. The van der Waals surface area contributed by atoms with Crippen molar-refractivity contribution in [2.24, 2.45) is 0 Å². The molecule has 0 saturated heterocycles. The lowest BCUT2D eigenvalue weighted by Crippen LogP contribution is -2.40. The Kier molecular flexibility index (Phi) is 7.63. The van der Waals surface area contributed by atoms with E-state index in [0.29, 0.717) is 11.6 Å². The van der Waals surface area contributed by atoms with Gasteiger partial charge in [0.25, 0.3) is 0 Å². The molecule has 140 valence electrons. The summed E-state index contributed by atoms with van der Waals surface area (Å²) in [5.74, 6) is -0.308. The molecule has 7 heteroatoms. The molecule has 0 bridgehead atoms. The molecule has 0 heterocycles. The van der Waals surface area contributed by atoms with Crippen molar-refractivity contribution >= 4 is 27.5 Å². The van der Waals surface area contributed by atoms with Gasteiger partial charge in [-0.2, -0.15) is 4.31 Å². The molecule has 0 radical (unpaired) electrons. The molecule has 0 fully saturated rings. The van der Waals surface area contributed by atoms with E-state index in [2.05, 4.69) is 5.32 Å². The maximum atomic E-state index is 12.1. The van der Waals surface area contributed by atoms with Crippen LogP contribution in [0, 0.1) is 0 Å². The van der Waals surface area contributed by atoms with Gasteiger partial charge in [-0.25, -0.2) is 8.42 Å². The summed E-state index contributed by atoms with van der Waals surface area (Å²) in [4.78, 5) is 12.1. The summed E-state index contributed by atoms with van der Waals surface area (Å²) in [6, 6.07) is 16.9. The van der Waals surface area contributed by atoms with E-state index in [-0.39, 0.29) is 19.0 Å². The molecular weight excluding hydrogens is 372 g/mol. The van der Waals surface area contributed by atoms with Crippen LogP contribution in [0.1, 0.15) is 17.5 Å². The third-order valence-corrected chi connectivity index (χ3v) is 5.32. The molecule has 0 aliphatic carbocycles. The van der Waals surface area contributed by atoms with Gasteiger partial charge in [-0.15, -0.1) is 0 Å². The highest BCUT2D eigenvalue weighted by molar-refractivity contribution is 7.88. The molecule has 0 saturated carbocycles. The Hall–Kier alpha value is -1.89. The van der Waals surface area contributed by atoms with Gasteiger partial charge in [0.2, 0.25) is 15.9 Å². The second kappa shape index (κ2) is 9.71. The van der Waals surface area contributed by atoms with Gasteiger partial charge in [-0.05, 0) is 36.1 Å². The minimum atomic E-state index is -3.50. The first kappa shape index (κ1) is 20.4. The van der Waals surface area contributed by atoms with E-state index in [1.54, 1.807) is 24.3 Å². The lowest BCUT2D eigenvalue weighted by molar-refractivity contribution is -0.121. The molecule has 0 aromatic heterocycles. The van der Waals surface area contributed by atoms with Gasteiger partial charge in [-0.1, -0.05) is 54.1 Å². The second-order valence-electron chi connectivity index (χ2n) is 6.10. The number of hydrogen-bond donors (Lipinski definition) is 1. The first-order chi connectivity index (χ1) is 12.3. The number of benzene rings is 2. The van der Waals surface area contributed by atoms with Crippen LogP contribution in [0.5, 0.6) is 0 Å². The molecule has 2 rings (SSSR count). The molecule has 0 aliphatic heterocycles. The van der Waals surface area contributed by atoms with Crippen molar-refractivity contribution in [1.29, 1.82) is 0 Å². The third-order valence-electron chi connectivity index (χ3n) is 3.87. The number of hydrogen-bond acceptors (Lipinski definition) is 3. The Morgan fingerprint density at radius 3 is 2.31 bits per heavy atom. The van der Waals surface area contributed by atoms with Gasteiger partial charge < -0.3 is 5.32 Å². The molecule has 1 amide bonds. The molecule has 1 N–H and O–H groups in total. The summed E-state index contributed by atoms with van der Waals surface area (Å²) in [5.41, 5.74) is 1.99. The fraction of sp³-hybridized carbons (Fsp3) is 0.316. The van der Waals surface area contributed by atoms with Gasteiger partial charge in [-0.3, -0.25) is 4.79 Å². The fourth-order valence-electron chi connectivity index (χ4n) is 2.46. The van der Waals surface area contributed by atoms with E-state index in [4.69, 9.17) is 11.6 Å². The van der Waals surface area contributed by atoms with Crippen molar-refractivity contribution in [1.82, 2.24) is 9.62 Å². The fourth-order valence-corrected chi connectivity index (χ4v) is 3.33. The number of carbonyl (C=O) groups excluding carboxylic acids is 1. The third kappa shape index (κ3) is 7.15. The standard InChI is InChI=1S/C19H23ClN2O3S/c1-26(24,25)22(14-17-9-11-18(20)12-10-17)15-19(23)21-13-5-8-16-6-3-2-4-7-16/h2-4,6-7,9-12H,5,8,13-15H2,1H3,(H,21,23). The maximum absolute atomic E-state index is 12.1. The van der Waals surface area contributed by atoms with Gasteiger partial charge in [0.15, 0.2) is 0 Å². The summed E-state index contributed by atoms with van der Waals surface area (Å²) >= 11 is 5.84. The van der Waals surface area contributed by atoms with Gasteiger partial charge in [0.05, 0.1) is 12.8 Å². The van der Waals surface area contributed by atoms with Crippen LogP contribution in [0.4, 0.5) is 0 Å². The Labute approximate surface area is 160 Å². The first-order valence-corrected chi connectivity index (χ1v) is 10.6. The van der Waals surface area contributed by atoms with Crippen LogP contribution in [0.2, 0.25) is 5.02 Å². The lowest BCUT2D eigenvalue weighted by atomic mass is 10.1. The molecule has 2 aromatic rings. The van der Waals surface area contributed by atoms with Crippen LogP contribution in [-0.2, 0) is 27.8 Å². The Bertz CT molecular complexity index is 808. The normalized spacial score (nSPS) is 11.5. The Morgan fingerprint density at radius 1 is 1.04 bits per heavy atom. The zero-order valence-electron chi connectivity index (χ0n) is 14.7. The molecule has 0 spiro atoms. The number of nitrogens with zero attached hydrogens (tertiary/aromatic N) is 1. The number of nitrogens with one attached hydrogen (secondary N) is 1. The topological polar surface area (TPSA) is 66.5 Å². The minimum absolute atomic E-state index is 0.132. The van der Waals surface area contributed by atoms with Crippen LogP contribution in [-0.4, -0.2) is 38.0 Å². The summed E-state index contributed by atoms with van der Waals surface area (Å²) in [6.07, 6.45) is 2.76. The molecule has 0 atom stereocenters. The zero-order valence-corrected chi connectivity index (χ0v) is 16.3. The number of amides is 1. The van der Waals surface area contributed by atoms with Crippen LogP contribution in [0.3, 0.4) is 0 Å². The summed E-state index contributed by atoms with van der Waals surface area (Å²) in [7, 11) is -3.50. The Balaban J connectivity index is 1.83. The average Bonchev–Trinajstić information content (AvgIpc) is 2.60. The van der Waals surface area contributed by atoms with E-state index in [0.717, 1.165) is 29.0 Å². The van der Waals surface area contributed by atoms with Crippen molar-refractivity contribution in [3.8, 4) is 0 Å². The molecule has 0 aliphatic rings. The molecule has 2 aromatic carbocycles. The maximum Gasteiger partial charge on any atom is 0.235 e. The summed E-state index contributed by atoms with van der Waals surface area (Å²) in [5, 5.41) is 3.36. The van der Waals surface area contributed by atoms with Crippen molar-refractivity contribution in [2.75, 3.05) is 19.3 Å². The number of sulfonamides is 1. The smallest absolute Gasteiger partial charge is 0.235 e. The lowest BCUT2D eigenvalue weighted by Gasteiger charge is -2.19. The average molecular weight is 395 g/mol. The number of aryl methyl sites for hydroxylation is 1. The van der Waals surface area contributed by atoms with E-state index >= 15 is 0 Å². The second-order valence-corrected chi connectivity index (χ2v) is 8.52. The van der Waals surface area contributed by atoms with Crippen LogP contribution in [0.15, 0.2) is 54.6 Å². The molecular formula is C19H23ClN2O3S. The SMILES string of the molecule is CS(=O)(=O)N(CC(=O)NCCCc1ccccc1)Cc1ccc(Cl)cc1. The molecule has 26 heavy (non-hydrogen) atoms. The summed E-state index contributed by atoms with van der Waals surface area (Å²) < 4.78 is 25.1. The highest BCUT2D eigenvalue weighted by Gasteiger charge is 2.20. The minimum Gasteiger partial charge on any atom is -0.355 e. The van der Waals surface area contributed by atoms with E-state index < -0.39 is 10.0 Å². The monoisotopic (exact) mass is 394 g/mol. The van der Waals surface area contributed by atoms with Crippen LogP contribution < -0.4 is 5.32 Å². The number of carbonyl (C=O) groups is 1. The highest BCUT2D eigenvalue weighted by Crippen LogP contribution is 2.13. The van der Waals surface area contributed by atoms with Gasteiger partial charge in [0.1, 0.15) is 0 Å². The van der Waals surface area contributed by atoms with Crippen molar-refractivity contribution < 1.29 is 13.2 Å².